The zero-order valence-corrected chi connectivity index (χ0v) is 18.6. The summed E-state index contributed by atoms with van der Waals surface area (Å²) < 4.78 is 27.8. The summed E-state index contributed by atoms with van der Waals surface area (Å²) in [7, 11) is -3.88. The molecular formula is C21H28N2O3S2. The van der Waals surface area contributed by atoms with Gasteiger partial charge in [0, 0.05) is 10.9 Å². The van der Waals surface area contributed by atoms with Crippen LogP contribution >= 0.6 is 11.8 Å². The molecule has 152 valence electrons. The van der Waals surface area contributed by atoms with Crippen LogP contribution in [0.5, 0.6) is 0 Å². The number of benzene rings is 2. The lowest BCUT2D eigenvalue weighted by Gasteiger charge is -2.26. The molecule has 2 rings (SSSR count). The first-order chi connectivity index (χ1) is 13.1. The van der Waals surface area contributed by atoms with Crippen LogP contribution in [-0.2, 0) is 14.8 Å². The van der Waals surface area contributed by atoms with Crippen molar-refractivity contribution >= 4 is 33.4 Å². The van der Waals surface area contributed by atoms with Crippen LogP contribution in [0.25, 0.3) is 0 Å². The number of nitrogens with one attached hydrogen (secondary N) is 1. The molecule has 2 aromatic carbocycles. The van der Waals surface area contributed by atoms with Gasteiger partial charge in [-0.05, 0) is 62.4 Å². The largest absolute Gasteiger partial charge is 0.352 e. The van der Waals surface area contributed by atoms with Crippen LogP contribution in [0.15, 0.2) is 58.3 Å². The second-order valence-corrected chi connectivity index (χ2v) is 9.86. The predicted molar refractivity (Wildman–Crippen MR) is 116 cm³/mol. The van der Waals surface area contributed by atoms with Gasteiger partial charge < -0.3 is 5.32 Å². The molecule has 0 unspecified atom stereocenters. The summed E-state index contributed by atoms with van der Waals surface area (Å²) in [5.74, 6) is -0.0708. The number of amides is 1. The monoisotopic (exact) mass is 420 g/mol. The Morgan fingerprint density at radius 3 is 2.11 bits per heavy atom. The predicted octanol–water partition coefficient (Wildman–Crippen LogP) is 4.07. The fourth-order valence-corrected chi connectivity index (χ4v) is 4.33. The fraction of sp³-hybridized carbons (Fsp3) is 0.381. The molecule has 0 aliphatic carbocycles. The van der Waals surface area contributed by atoms with Gasteiger partial charge in [0.1, 0.15) is 6.54 Å². The molecule has 1 atom stereocenters. The number of hydrogen-bond donors (Lipinski definition) is 1. The van der Waals surface area contributed by atoms with E-state index >= 15 is 0 Å². The maximum absolute atomic E-state index is 13.3. The van der Waals surface area contributed by atoms with E-state index in [9.17, 15) is 13.2 Å². The van der Waals surface area contributed by atoms with Crippen molar-refractivity contribution in [3.05, 3.63) is 54.1 Å². The minimum absolute atomic E-state index is 0.0454. The van der Waals surface area contributed by atoms with Crippen molar-refractivity contribution in [2.45, 2.75) is 43.5 Å². The standard InChI is InChI=1S/C21H28N2O3S2/c1-15(2)17(4)22-21(24)14-23(18-8-6-16(3)7-9-18)28(25,26)20-12-10-19(27-5)11-13-20/h6-13,15,17H,14H2,1-5H3,(H,22,24)/t17-/m0/s1. The molecule has 1 amide bonds. The summed E-state index contributed by atoms with van der Waals surface area (Å²) in [4.78, 5) is 13.7. The number of anilines is 1. The molecule has 0 aromatic heterocycles. The third-order valence-corrected chi connectivity index (χ3v) is 7.18. The first-order valence-corrected chi connectivity index (χ1v) is 11.8. The van der Waals surface area contributed by atoms with Gasteiger partial charge in [-0.15, -0.1) is 11.8 Å². The number of sulfonamides is 1. The van der Waals surface area contributed by atoms with Crippen LogP contribution in [0.3, 0.4) is 0 Å². The van der Waals surface area contributed by atoms with Crippen molar-refractivity contribution in [1.29, 1.82) is 0 Å². The average Bonchev–Trinajstić information content (AvgIpc) is 2.66. The van der Waals surface area contributed by atoms with Crippen LogP contribution in [0.1, 0.15) is 26.3 Å². The SMILES string of the molecule is CSc1ccc(S(=O)(=O)N(CC(=O)N[C@@H](C)C(C)C)c2ccc(C)cc2)cc1. The van der Waals surface area contributed by atoms with Gasteiger partial charge >= 0.3 is 0 Å². The summed E-state index contributed by atoms with van der Waals surface area (Å²) in [5.41, 5.74) is 1.48. The van der Waals surface area contributed by atoms with E-state index in [2.05, 4.69) is 5.32 Å². The van der Waals surface area contributed by atoms with Gasteiger partial charge in [0.15, 0.2) is 0 Å². The Bertz CT molecular complexity index is 892. The lowest BCUT2D eigenvalue weighted by atomic mass is 10.1. The zero-order valence-electron chi connectivity index (χ0n) is 17.0. The molecule has 0 radical (unpaired) electrons. The molecule has 2 aromatic rings. The quantitative estimate of drug-likeness (QED) is 0.654. The normalized spacial score (nSPS) is 12.6. The van der Waals surface area contributed by atoms with E-state index in [1.165, 1.54) is 4.31 Å². The first kappa shape index (κ1) is 22.3. The van der Waals surface area contributed by atoms with Crippen LogP contribution in [0.2, 0.25) is 0 Å². The lowest BCUT2D eigenvalue weighted by molar-refractivity contribution is -0.120. The molecule has 0 heterocycles. The van der Waals surface area contributed by atoms with Crippen LogP contribution in [-0.4, -0.2) is 33.2 Å². The molecule has 0 aliphatic heterocycles. The molecule has 0 saturated carbocycles. The Balaban J connectivity index is 2.39. The number of thioether (sulfide) groups is 1. The Hall–Kier alpha value is -1.99. The molecule has 1 N–H and O–H groups in total. The second kappa shape index (κ2) is 9.47. The van der Waals surface area contributed by atoms with Crippen molar-refractivity contribution in [2.24, 2.45) is 5.92 Å². The summed E-state index contributed by atoms with van der Waals surface area (Å²) in [6.45, 7) is 7.58. The topological polar surface area (TPSA) is 66.5 Å². The molecule has 0 saturated heterocycles. The lowest BCUT2D eigenvalue weighted by Crippen LogP contribution is -2.45. The van der Waals surface area contributed by atoms with Crippen molar-refractivity contribution < 1.29 is 13.2 Å². The van der Waals surface area contributed by atoms with E-state index in [4.69, 9.17) is 0 Å². The van der Waals surface area contributed by atoms with E-state index in [-0.39, 0.29) is 29.3 Å². The highest BCUT2D eigenvalue weighted by Gasteiger charge is 2.27. The van der Waals surface area contributed by atoms with Crippen LogP contribution < -0.4 is 9.62 Å². The van der Waals surface area contributed by atoms with Gasteiger partial charge in [0.2, 0.25) is 5.91 Å². The van der Waals surface area contributed by atoms with E-state index in [0.717, 1.165) is 10.5 Å². The molecule has 5 nitrogen and oxygen atoms in total. The highest BCUT2D eigenvalue weighted by molar-refractivity contribution is 7.98. The van der Waals surface area contributed by atoms with Crippen molar-refractivity contribution in [1.82, 2.24) is 5.32 Å². The Labute approximate surface area is 172 Å². The Morgan fingerprint density at radius 2 is 1.61 bits per heavy atom. The molecule has 0 spiro atoms. The summed E-state index contributed by atoms with van der Waals surface area (Å²) in [5, 5.41) is 2.88. The smallest absolute Gasteiger partial charge is 0.264 e. The third kappa shape index (κ3) is 5.52. The first-order valence-electron chi connectivity index (χ1n) is 9.18. The van der Waals surface area contributed by atoms with Crippen molar-refractivity contribution in [2.75, 3.05) is 17.1 Å². The number of nitrogens with zero attached hydrogens (tertiary/aromatic N) is 1. The molecule has 7 heteroatoms. The number of carbonyl (C=O) groups is 1. The molecule has 0 bridgehead atoms. The summed E-state index contributed by atoms with van der Waals surface area (Å²) in [6.07, 6.45) is 1.93. The Kier molecular flexibility index (Phi) is 7.55. The maximum Gasteiger partial charge on any atom is 0.264 e. The molecular weight excluding hydrogens is 392 g/mol. The van der Waals surface area contributed by atoms with Crippen molar-refractivity contribution in [3.63, 3.8) is 0 Å². The van der Waals surface area contributed by atoms with E-state index in [0.29, 0.717) is 5.69 Å². The average molecular weight is 421 g/mol. The molecule has 0 aliphatic rings. The molecule has 28 heavy (non-hydrogen) atoms. The van der Waals surface area contributed by atoms with Crippen LogP contribution in [0.4, 0.5) is 5.69 Å². The van der Waals surface area contributed by atoms with Gasteiger partial charge in [-0.3, -0.25) is 9.10 Å². The van der Waals surface area contributed by atoms with Gasteiger partial charge in [0.05, 0.1) is 10.6 Å². The van der Waals surface area contributed by atoms with Gasteiger partial charge in [-0.1, -0.05) is 31.5 Å². The zero-order chi connectivity index (χ0) is 20.9. The highest BCUT2D eigenvalue weighted by atomic mass is 32.2. The minimum Gasteiger partial charge on any atom is -0.352 e. The van der Waals surface area contributed by atoms with Gasteiger partial charge in [0.25, 0.3) is 10.0 Å². The van der Waals surface area contributed by atoms with E-state index in [1.54, 1.807) is 48.2 Å². The van der Waals surface area contributed by atoms with Gasteiger partial charge in [-0.25, -0.2) is 8.42 Å². The van der Waals surface area contributed by atoms with E-state index < -0.39 is 10.0 Å². The number of hydrogen-bond acceptors (Lipinski definition) is 4. The van der Waals surface area contributed by atoms with E-state index in [1.807, 2.05) is 46.1 Å². The highest BCUT2D eigenvalue weighted by Crippen LogP contribution is 2.25. The molecule has 0 fully saturated rings. The third-order valence-electron chi connectivity index (χ3n) is 4.65. The number of aryl methyl sites for hydroxylation is 1. The number of rotatable bonds is 8. The second-order valence-electron chi connectivity index (χ2n) is 7.12. The fourth-order valence-electron chi connectivity index (χ4n) is 2.50. The minimum atomic E-state index is -3.88. The van der Waals surface area contributed by atoms with Crippen molar-refractivity contribution in [3.8, 4) is 0 Å². The van der Waals surface area contributed by atoms with Crippen LogP contribution in [0, 0.1) is 12.8 Å². The maximum atomic E-state index is 13.3. The van der Waals surface area contributed by atoms with Gasteiger partial charge in [-0.2, -0.15) is 0 Å². The summed E-state index contributed by atoms with van der Waals surface area (Å²) >= 11 is 1.54. The number of carbonyl (C=O) groups excluding carboxylic acids is 1. The Morgan fingerprint density at radius 1 is 1.04 bits per heavy atom. The summed E-state index contributed by atoms with van der Waals surface area (Å²) in [6, 6.07) is 13.8.